The number of hydrogen-bond donors (Lipinski definition) is 1. The number of ketones is 1. The van der Waals surface area contributed by atoms with Crippen LogP contribution in [-0.4, -0.2) is 26.8 Å². The van der Waals surface area contributed by atoms with E-state index in [2.05, 4.69) is 9.97 Å². The van der Waals surface area contributed by atoms with Gasteiger partial charge in [0.05, 0.1) is 5.56 Å². The maximum atomic E-state index is 12.3. The van der Waals surface area contributed by atoms with Crippen molar-refractivity contribution in [1.29, 1.82) is 0 Å². The van der Waals surface area contributed by atoms with Crippen LogP contribution in [0.1, 0.15) is 44.7 Å². The third-order valence-corrected chi connectivity index (χ3v) is 2.92. The van der Waals surface area contributed by atoms with Crippen LogP contribution in [0.3, 0.4) is 0 Å². The molecule has 2 aromatic rings. The molecule has 1 N–H and O–H groups in total. The molecule has 2 rings (SSSR count). The molecule has 0 spiro atoms. The van der Waals surface area contributed by atoms with Crippen LogP contribution >= 0.6 is 0 Å². The van der Waals surface area contributed by atoms with Crippen molar-refractivity contribution in [3.05, 3.63) is 58.7 Å². The first-order valence-corrected chi connectivity index (χ1v) is 6.23. The number of benzene rings is 1. The Kier molecular flexibility index (Phi) is 3.89. The summed E-state index contributed by atoms with van der Waals surface area (Å²) in [5.41, 5.74) is 1.21. The molecule has 102 valence electrons. The lowest BCUT2D eigenvalue weighted by Gasteiger charge is -2.06. The van der Waals surface area contributed by atoms with Crippen molar-refractivity contribution in [3.8, 4) is 0 Å². The van der Waals surface area contributed by atoms with E-state index in [4.69, 9.17) is 0 Å². The smallest absolute Gasteiger partial charge is 0.355 e. The first-order chi connectivity index (χ1) is 9.52. The zero-order valence-electron chi connectivity index (χ0n) is 11.3. The van der Waals surface area contributed by atoms with E-state index in [1.165, 1.54) is 6.20 Å². The van der Waals surface area contributed by atoms with Gasteiger partial charge in [-0.15, -0.1) is 0 Å². The standard InChI is InChI=1S/C15H14N2O3/c1-3-12-16-8-11(13(17-12)15(19)20)14(18)10-6-4-9(2)5-7-10/h4-8H,3H2,1-2H3,(H,19,20). The highest BCUT2D eigenvalue weighted by atomic mass is 16.4. The fourth-order valence-electron chi connectivity index (χ4n) is 1.78. The first-order valence-electron chi connectivity index (χ1n) is 6.23. The largest absolute Gasteiger partial charge is 0.476 e. The van der Waals surface area contributed by atoms with Gasteiger partial charge in [-0.1, -0.05) is 36.8 Å². The maximum Gasteiger partial charge on any atom is 0.355 e. The lowest BCUT2D eigenvalue weighted by Crippen LogP contribution is -2.14. The van der Waals surface area contributed by atoms with Crippen LogP contribution in [0.15, 0.2) is 30.5 Å². The molecule has 5 nitrogen and oxygen atoms in total. The number of carbonyl (C=O) groups excluding carboxylic acids is 1. The molecule has 0 amide bonds. The van der Waals surface area contributed by atoms with E-state index in [1.54, 1.807) is 24.3 Å². The highest BCUT2D eigenvalue weighted by Gasteiger charge is 2.20. The van der Waals surface area contributed by atoms with E-state index in [-0.39, 0.29) is 17.0 Å². The SMILES string of the molecule is CCc1ncc(C(=O)c2ccc(C)cc2)c(C(=O)O)n1. The van der Waals surface area contributed by atoms with Crippen LogP contribution in [0.4, 0.5) is 0 Å². The molecule has 0 fully saturated rings. The highest BCUT2D eigenvalue weighted by molar-refractivity contribution is 6.13. The second kappa shape index (κ2) is 5.61. The minimum absolute atomic E-state index is 0.0125. The Hall–Kier alpha value is -2.56. The molecular weight excluding hydrogens is 256 g/mol. The summed E-state index contributed by atoms with van der Waals surface area (Å²) in [6, 6.07) is 6.93. The number of hydrogen-bond acceptors (Lipinski definition) is 4. The summed E-state index contributed by atoms with van der Waals surface area (Å²) in [4.78, 5) is 31.5. The third kappa shape index (κ3) is 2.71. The van der Waals surface area contributed by atoms with Gasteiger partial charge in [0.25, 0.3) is 0 Å². The summed E-state index contributed by atoms with van der Waals surface area (Å²) in [6.45, 7) is 3.73. The van der Waals surface area contributed by atoms with Crippen LogP contribution < -0.4 is 0 Å². The van der Waals surface area contributed by atoms with Crippen molar-refractivity contribution in [2.24, 2.45) is 0 Å². The minimum Gasteiger partial charge on any atom is -0.476 e. The van der Waals surface area contributed by atoms with Gasteiger partial charge in [0.1, 0.15) is 5.82 Å². The fraction of sp³-hybridized carbons (Fsp3) is 0.200. The van der Waals surface area contributed by atoms with Crippen molar-refractivity contribution < 1.29 is 14.7 Å². The number of rotatable bonds is 4. The first kappa shape index (κ1) is 13.9. The van der Waals surface area contributed by atoms with E-state index in [9.17, 15) is 14.7 Å². The number of aromatic carboxylic acids is 1. The van der Waals surface area contributed by atoms with Gasteiger partial charge in [0, 0.05) is 18.2 Å². The number of aromatic nitrogens is 2. The topological polar surface area (TPSA) is 80.2 Å². The summed E-state index contributed by atoms with van der Waals surface area (Å²) < 4.78 is 0. The van der Waals surface area contributed by atoms with E-state index < -0.39 is 5.97 Å². The Labute approximate surface area is 116 Å². The quantitative estimate of drug-likeness (QED) is 0.862. The number of carboxylic acids is 1. The van der Waals surface area contributed by atoms with E-state index in [0.29, 0.717) is 17.8 Å². The average Bonchev–Trinajstić information content (AvgIpc) is 2.46. The monoisotopic (exact) mass is 270 g/mol. The predicted molar refractivity (Wildman–Crippen MR) is 73.0 cm³/mol. The zero-order valence-corrected chi connectivity index (χ0v) is 11.3. The third-order valence-electron chi connectivity index (χ3n) is 2.92. The molecule has 1 heterocycles. The van der Waals surface area contributed by atoms with Crippen LogP contribution in [0.5, 0.6) is 0 Å². The van der Waals surface area contributed by atoms with Crippen molar-refractivity contribution in [1.82, 2.24) is 9.97 Å². The van der Waals surface area contributed by atoms with Gasteiger partial charge in [-0.3, -0.25) is 4.79 Å². The van der Waals surface area contributed by atoms with Gasteiger partial charge in [0.15, 0.2) is 11.5 Å². The second-order valence-corrected chi connectivity index (χ2v) is 4.40. The van der Waals surface area contributed by atoms with Crippen molar-refractivity contribution in [3.63, 3.8) is 0 Å². The van der Waals surface area contributed by atoms with Crippen LogP contribution in [0.25, 0.3) is 0 Å². The molecule has 0 aliphatic rings. The normalized spacial score (nSPS) is 10.3. The Balaban J connectivity index is 2.48. The van der Waals surface area contributed by atoms with Gasteiger partial charge in [-0.25, -0.2) is 14.8 Å². The lowest BCUT2D eigenvalue weighted by molar-refractivity contribution is 0.0685. The molecule has 20 heavy (non-hydrogen) atoms. The number of aryl methyl sites for hydroxylation is 2. The van der Waals surface area contributed by atoms with Gasteiger partial charge >= 0.3 is 5.97 Å². The number of nitrogens with zero attached hydrogens (tertiary/aromatic N) is 2. The van der Waals surface area contributed by atoms with Crippen LogP contribution in [0, 0.1) is 6.92 Å². The summed E-state index contributed by atoms with van der Waals surface area (Å²) >= 11 is 0. The molecule has 1 aromatic carbocycles. The molecule has 0 bridgehead atoms. The summed E-state index contributed by atoms with van der Waals surface area (Å²) in [5.74, 6) is -1.20. The Morgan fingerprint density at radius 3 is 2.40 bits per heavy atom. The Morgan fingerprint density at radius 2 is 1.85 bits per heavy atom. The molecule has 5 heteroatoms. The maximum absolute atomic E-state index is 12.3. The van der Waals surface area contributed by atoms with E-state index in [1.807, 2.05) is 13.8 Å². The van der Waals surface area contributed by atoms with Crippen LogP contribution in [0.2, 0.25) is 0 Å². The van der Waals surface area contributed by atoms with Crippen molar-refractivity contribution in [2.75, 3.05) is 0 Å². The van der Waals surface area contributed by atoms with E-state index >= 15 is 0 Å². The molecule has 0 saturated heterocycles. The van der Waals surface area contributed by atoms with Gasteiger partial charge in [-0.2, -0.15) is 0 Å². The van der Waals surface area contributed by atoms with Crippen LogP contribution in [-0.2, 0) is 6.42 Å². The highest BCUT2D eigenvalue weighted by Crippen LogP contribution is 2.14. The fourth-order valence-corrected chi connectivity index (χ4v) is 1.78. The van der Waals surface area contributed by atoms with Gasteiger partial charge in [0.2, 0.25) is 0 Å². The molecule has 0 aliphatic heterocycles. The average molecular weight is 270 g/mol. The Bertz CT molecular complexity index is 663. The predicted octanol–water partition coefficient (Wildman–Crippen LogP) is 2.28. The summed E-state index contributed by atoms with van der Waals surface area (Å²) in [5, 5.41) is 9.18. The zero-order chi connectivity index (χ0) is 14.7. The van der Waals surface area contributed by atoms with Gasteiger partial charge < -0.3 is 5.11 Å². The van der Waals surface area contributed by atoms with Gasteiger partial charge in [-0.05, 0) is 6.92 Å². The molecule has 0 radical (unpaired) electrons. The molecule has 0 saturated carbocycles. The molecular formula is C15H14N2O3. The summed E-state index contributed by atoms with van der Waals surface area (Å²) in [6.07, 6.45) is 1.80. The number of carboxylic acid groups (broad SMARTS) is 1. The number of carbonyl (C=O) groups is 2. The molecule has 0 aliphatic carbocycles. The van der Waals surface area contributed by atoms with Crippen molar-refractivity contribution in [2.45, 2.75) is 20.3 Å². The second-order valence-electron chi connectivity index (χ2n) is 4.40. The van der Waals surface area contributed by atoms with E-state index in [0.717, 1.165) is 5.56 Å². The van der Waals surface area contributed by atoms with Crippen molar-refractivity contribution >= 4 is 11.8 Å². The minimum atomic E-state index is -1.22. The molecule has 1 aromatic heterocycles. The molecule has 0 unspecified atom stereocenters. The Morgan fingerprint density at radius 1 is 1.20 bits per heavy atom. The molecule has 0 atom stereocenters. The lowest BCUT2D eigenvalue weighted by atomic mass is 10.0. The summed E-state index contributed by atoms with van der Waals surface area (Å²) in [7, 11) is 0.